The molecule has 0 saturated carbocycles. The standard InChI is InChI=1S/C13H24N2O5/c1-4-13(3,11(17)18)9-15-12(19)14-8-6-7-10(16)20-5-2/h4-9H2,1-3H3,(H,17,18)(H2,14,15,19). The number of carboxylic acid groups (broad SMARTS) is 1. The first kappa shape index (κ1) is 18.2. The lowest BCUT2D eigenvalue weighted by molar-refractivity contribution is -0.147. The second-order valence-corrected chi connectivity index (χ2v) is 4.74. The van der Waals surface area contributed by atoms with E-state index in [9.17, 15) is 14.4 Å². The van der Waals surface area contributed by atoms with Crippen molar-refractivity contribution in [3.05, 3.63) is 0 Å². The zero-order valence-corrected chi connectivity index (χ0v) is 12.3. The molecule has 0 aromatic carbocycles. The summed E-state index contributed by atoms with van der Waals surface area (Å²) in [4.78, 5) is 33.5. The molecule has 0 radical (unpaired) electrons. The first-order valence-corrected chi connectivity index (χ1v) is 6.76. The van der Waals surface area contributed by atoms with Crippen LogP contribution >= 0.6 is 0 Å². The number of amides is 2. The Bertz CT molecular complexity index is 346. The van der Waals surface area contributed by atoms with Gasteiger partial charge in [0.1, 0.15) is 0 Å². The number of rotatable bonds is 9. The van der Waals surface area contributed by atoms with Gasteiger partial charge in [0.05, 0.1) is 12.0 Å². The van der Waals surface area contributed by atoms with Gasteiger partial charge in [0.15, 0.2) is 0 Å². The molecule has 1 unspecified atom stereocenters. The van der Waals surface area contributed by atoms with Gasteiger partial charge >= 0.3 is 18.0 Å². The number of urea groups is 1. The lowest BCUT2D eigenvalue weighted by Gasteiger charge is -2.23. The van der Waals surface area contributed by atoms with Crippen LogP contribution in [0.4, 0.5) is 4.79 Å². The van der Waals surface area contributed by atoms with E-state index in [0.717, 1.165) is 0 Å². The summed E-state index contributed by atoms with van der Waals surface area (Å²) < 4.78 is 4.75. The summed E-state index contributed by atoms with van der Waals surface area (Å²) in [6.45, 7) is 5.81. The van der Waals surface area contributed by atoms with Gasteiger partial charge in [-0.25, -0.2) is 4.79 Å². The number of carbonyl (C=O) groups excluding carboxylic acids is 2. The lowest BCUT2D eigenvalue weighted by atomic mass is 9.88. The predicted molar refractivity (Wildman–Crippen MR) is 73.3 cm³/mol. The van der Waals surface area contributed by atoms with Gasteiger partial charge < -0.3 is 20.5 Å². The Hall–Kier alpha value is -1.79. The van der Waals surface area contributed by atoms with E-state index in [1.807, 2.05) is 0 Å². The number of aliphatic carboxylic acids is 1. The van der Waals surface area contributed by atoms with Gasteiger partial charge in [-0.2, -0.15) is 0 Å². The van der Waals surface area contributed by atoms with Crippen LogP contribution in [0.2, 0.25) is 0 Å². The molecule has 0 aromatic rings. The largest absolute Gasteiger partial charge is 0.481 e. The molecule has 0 aliphatic rings. The van der Waals surface area contributed by atoms with Crippen LogP contribution in [0.25, 0.3) is 0 Å². The average Bonchev–Trinajstić information content (AvgIpc) is 2.41. The van der Waals surface area contributed by atoms with E-state index >= 15 is 0 Å². The quantitative estimate of drug-likeness (QED) is 0.436. The number of hydrogen-bond donors (Lipinski definition) is 3. The predicted octanol–water partition coefficient (Wildman–Crippen LogP) is 1.13. The maximum atomic E-state index is 11.5. The summed E-state index contributed by atoms with van der Waals surface area (Å²) >= 11 is 0. The normalized spacial score (nSPS) is 13.2. The van der Waals surface area contributed by atoms with E-state index in [1.54, 1.807) is 20.8 Å². The minimum atomic E-state index is -0.970. The molecular weight excluding hydrogens is 264 g/mol. The molecule has 0 fully saturated rings. The molecule has 7 nitrogen and oxygen atoms in total. The minimum Gasteiger partial charge on any atom is -0.481 e. The maximum Gasteiger partial charge on any atom is 0.314 e. The fraction of sp³-hybridized carbons (Fsp3) is 0.769. The van der Waals surface area contributed by atoms with Crippen LogP contribution in [0.15, 0.2) is 0 Å². The number of esters is 1. The number of nitrogens with one attached hydrogen (secondary N) is 2. The van der Waals surface area contributed by atoms with E-state index in [-0.39, 0.29) is 18.9 Å². The van der Waals surface area contributed by atoms with Crippen LogP contribution in [-0.4, -0.2) is 42.8 Å². The highest BCUT2D eigenvalue weighted by Gasteiger charge is 2.31. The molecule has 20 heavy (non-hydrogen) atoms. The fourth-order valence-corrected chi connectivity index (χ4v) is 1.36. The van der Waals surface area contributed by atoms with Crippen LogP contribution in [0, 0.1) is 5.41 Å². The van der Waals surface area contributed by atoms with Gasteiger partial charge in [0.25, 0.3) is 0 Å². The van der Waals surface area contributed by atoms with Crippen LogP contribution in [0.5, 0.6) is 0 Å². The summed E-state index contributed by atoms with van der Waals surface area (Å²) in [5, 5.41) is 14.1. The molecule has 0 saturated heterocycles. The first-order chi connectivity index (χ1) is 9.35. The third kappa shape index (κ3) is 6.96. The molecule has 0 spiro atoms. The molecule has 0 aliphatic carbocycles. The Kier molecular flexibility index (Phi) is 8.35. The summed E-state index contributed by atoms with van der Waals surface area (Å²) in [6, 6.07) is -0.435. The fourth-order valence-electron chi connectivity index (χ4n) is 1.36. The van der Waals surface area contributed by atoms with Crippen molar-refractivity contribution in [2.24, 2.45) is 5.41 Å². The molecule has 7 heteroatoms. The second-order valence-electron chi connectivity index (χ2n) is 4.74. The monoisotopic (exact) mass is 288 g/mol. The van der Waals surface area contributed by atoms with Crippen molar-refractivity contribution in [2.75, 3.05) is 19.7 Å². The van der Waals surface area contributed by atoms with Crippen LogP contribution in [0.3, 0.4) is 0 Å². The first-order valence-electron chi connectivity index (χ1n) is 6.76. The molecule has 0 heterocycles. The van der Waals surface area contributed by atoms with Crippen LogP contribution in [0.1, 0.15) is 40.0 Å². The van der Waals surface area contributed by atoms with E-state index in [0.29, 0.717) is 26.0 Å². The molecule has 2 amide bonds. The Morgan fingerprint density at radius 3 is 2.35 bits per heavy atom. The van der Waals surface area contributed by atoms with Gasteiger partial charge in [-0.1, -0.05) is 6.92 Å². The van der Waals surface area contributed by atoms with Crippen molar-refractivity contribution >= 4 is 18.0 Å². The van der Waals surface area contributed by atoms with E-state index in [1.165, 1.54) is 0 Å². The Balaban J connectivity index is 3.85. The summed E-state index contributed by atoms with van der Waals surface area (Å²) in [5.41, 5.74) is -0.970. The highest BCUT2D eigenvalue weighted by atomic mass is 16.5. The molecule has 0 bridgehead atoms. The molecule has 116 valence electrons. The molecule has 0 aliphatic heterocycles. The van der Waals surface area contributed by atoms with Crippen LogP contribution in [-0.2, 0) is 14.3 Å². The Morgan fingerprint density at radius 1 is 1.20 bits per heavy atom. The van der Waals surface area contributed by atoms with Gasteiger partial charge in [-0.05, 0) is 26.7 Å². The molecular formula is C13H24N2O5. The number of carbonyl (C=O) groups is 3. The SMILES string of the molecule is CCOC(=O)CCCNC(=O)NCC(C)(CC)C(=O)O. The molecule has 0 rings (SSSR count). The zero-order chi connectivity index (χ0) is 15.6. The highest BCUT2D eigenvalue weighted by molar-refractivity contribution is 5.77. The maximum absolute atomic E-state index is 11.5. The molecule has 3 N–H and O–H groups in total. The van der Waals surface area contributed by atoms with E-state index in [2.05, 4.69) is 10.6 Å². The van der Waals surface area contributed by atoms with Gasteiger partial charge in [0, 0.05) is 19.5 Å². The van der Waals surface area contributed by atoms with Crippen molar-refractivity contribution in [2.45, 2.75) is 40.0 Å². The van der Waals surface area contributed by atoms with E-state index in [4.69, 9.17) is 9.84 Å². The minimum absolute atomic E-state index is 0.0581. The number of ether oxygens (including phenoxy) is 1. The van der Waals surface area contributed by atoms with Crippen molar-refractivity contribution in [1.29, 1.82) is 0 Å². The van der Waals surface area contributed by atoms with Gasteiger partial charge in [-0.3, -0.25) is 9.59 Å². The second kappa shape index (κ2) is 9.17. The Labute approximate surface area is 119 Å². The van der Waals surface area contributed by atoms with Crippen molar-refractivity contribution in [3.8, 4) is 0 Å². The topological polar surface area (TPSA) is 105 Å². The van der Waals surface area contributed by atoms with E-state index < -0.39 is 17.4 Å². The lowest BCUT2D eigenvalue weighted by Crippen LogP contribution is -2.44. The third-order valence-corrected chi connectivity index (χ3v) is 3.08. The summed E-state index contributed by atoms with van der Waals surface area (Å²) in [7, 11) is 0. The van der Waals surface area contributed by atoms with Crippen molar-refractivity contribution < 1.29 is 24.2 Å². The Morgan fingerprint density at radius 2 is 1.85 bits per heavy atom. The average molecular weight is 288 g/mol. The smallest absolute Gasteiger partial charge is 0.314 e. The number of carboxylic acids is 1. The van der Waals surface area contributed by atoms with Gasteiger partial charge in [-0.15, -0.1) is 0 Å². The van der Waals surface area contributed by atoms with Crippen LogP contribution < -0.4 is 10.6 Å². The van der Waals surface area contributed by atoms with Gasteiger partial charge in [0.2, 0.25) is 0 Å². The molecule has 0 aromatic heterocycles. The summed E-state index contributed by atoms with van der Waals surface area (Å²) in [5.74, 6) is -1.23. The number of hydrogen-bond acceptors (Lipinski definition) is 4. The third-order valence-electron chi connectivity index (χ3n) is 3.08. The van der Waals surface area contributed by atoms with Crippen molar-refractivity contribution in [1.82, 2.24) is 10.6 Å². The molecule has 1 atom stereocenters. The zero-order valence-electron chi connectivity index (χ0n) is 12.3. The summed E-state index contributed by atoms with van der Waals surface area (Å²) in [6.07, 6.45) is 1.15. The van der Waals surface area contributed by atoms with Crippen molar-refractivity contribution in [3.63, 3.8) is 0 Å². The highest BCUT2D eigenvalue weighted by Crippen LogP contribution is 2.19.